The van der Waals surface area contributed by atoms with E-state index in [1.807, 2.05) is 12.3 Å². The minimum Gasteiger partial charge on any atom is -0.381 e. The van der Waals surface area contributed by atoms with Crippen molar-refractivity contribution in [1.82, 2.24) is 14.8 Å². The Morgan fingerprint density at radius 3 is 2.85 bits per heavy atom. The highest BCUT2D eigenvalue weighted by atomic mass is 79.9. The molecule has 0 bridgehead atoms. The minimum absolute atomic E-state index is 0.479. The van der Waals surface area contributed by atoms with Gasteiger partial charge in [0, 0.05) is 11.6 Å². The molecular formula is C7H7BrN4S. The minimum atomic E-state index is 0.479. The molecule has 13 heavy (non-hydrogen) atoms. The Hall–Kier alpha value is -0.880. The second-order valence-electron chi connectivity index (χ2n) is 2.58. The zero-order chi connectivity index (χ0) is 9.42. The number of rotatable bonds is 1. The lowest BCUT2D eigenvalue weighted by Gasteiger charge is -1.91. The maximum absolute atomic E-state index is 5.58. The number of anilines is 1. The summed E-state index contributed by atoms with van der Waals surface area (Å²) in [6.45, 7) is 1.95. The zero-order valence-corrected chi connectivity index (χ0v) is 9.26. The summed E-state index contributed by atoms with van der Waals surface area (Å²) in [7, 11) is 0. The molecule has 6 heteroatoms. The van der Waals surface area contributed by atoms with Gasteiger partial charge in [-0.05, 0) is 22.9 Å². The summed E-state index contributed by atoms with van der Waals surface area (Å²) >= 11 is 4.83. The van der Waals surface area contributed by atoms with Crippen molar-refractivity contribution in [1.29, 1.82) is 0 Å². The van der Waals surface area contributed by atoms with Gasteiger partial charge in [-0.1, -0.05) is 0 Å². The zero-order valence-electron chi connectivity index (χ0n) is 6.86. The Morgan fingerprint density at radius 1 is 1.62 bits per heavy atom. The molecule has 68 valence electrons. The Morgan fingerprint density at radius 2 is 2.38 bits per heavy atom. The Kier molecular flexibility index (Phi) is 2.09. The van der Waals surface area contributed by atoms with Gasteiger partial charge < -0.3 is 5.73 Å². The lowest BCUT2D eigenvalue weighted by atomic mass is 10.6. The molecule has 0 radical (unpaired) electrons. The van der Waals surface area contributed by atoms with Crippen LogP contribution in [-0.2, 0) is 0 Å². The van der Waals surface area contributed by atoms with Crippen molar-refractivity contribution in [2.24, 2.45) is 0 Å². The number of nitrogen functional groups attached to an aromatic ring is 1. The molecule has 2 aromatic heterocycles. The smallest absolute Gasteiger partial charge is 0.210 e. The van der Waals surface area contributed by atoms with Gasteiger partial charge in [-0.15, -0.1) is 16.4 Å². The molecule has 0 saturated heterocycles. The van der Waals surface area contributed by atoms with E-state index in [-0.39, 0.29) is 0 Å². The van der Waals surface area contributed by atoms with Crippen molar-refractivity contribution in [3.8, 4) is 5.13 Å². The average Bonchev–Trinajstić information content (AvgIpc) is 2.61. The maximum Gasteiger partial charge on any atom is 0.210 e. The summed E-state index contributed by atoms with van der Waals surface area (Å²) in [5.41, 5.74) is 6.57. The van der Waals surface area contributed by atoms with Crippen LogP contribution in [0.1, 0.15) is 5.69 Å². The highest BCUT2D eigenvalue weighted by Gasteiger charge is 2.06. The van der Waals surface area contributed by atoms with Crippen LogP contribution < -0.4 is 5.73 Å². The van der Waals surface area contributed by atoms with Gasteiger partial charge in [-0.25, -0.2) is 9.67 Å². The Balaban J connectivity index is 2.46. The van der Waals surface area contributed by atoms with Crippen molar-refractivity contribution >= 4 is 33.1 Å². The Labute approximate surface area is 87.5 Å². The molecule has 0 aliphatic heterocycles. The molecule has 0 fully saturated rings. The van der Waals surface area contributed by atoms with E-state index in [0.29, 0.717) is 5.82 Å². The first kappa shape index (κ1) is 8.71. The summed E-state index contributed by atoms with van der Waals surface area (Å²) in [5, 5.41) is 6.89. The third-order valence-corrected chi connectivity index (χ3v) is 3.06. The van der Waals surface area contributed by atoms with Gasteiger partial charge in [0.2, 0.25) is 5.13 Å². The molecule has 2 rings (SSSR count). The average molecular weight is 259 g/mol. The van der Waals surface area contributed by atoms with Gasteiger partial charge >= 0.3 is 0 Å². The standard InChI is InChI=1S/C7H7BrN4S/c1-4-3-13-7(10-4)12-2-5(8)6(9)11-12/h2-3H,1H3,(H2,9,11). The second kappa shape index (κ2) is 3.12. The van der Waals surface area contributed by atoms with Crippen LogP contribution in [0.5, 0.6) is 0 Å². The van der Waals surface area contributed by atoms with Crippen LogP contribution in [0, 0.1) is 6.92 Å². The number of nitrogens with two attached hydrogens (primary N) is 1. The third kappa shape index (κ3) is 1.59. The van der Waals surface area contributed by atoms with Gasteiger partial charge in [-0.3, -0.25) is 0 Å². The van der Waals surface area contributed by atoms with E-state index in [4.69, 9.17) is 5.73 Å². The molecular weight excluding hydrogens is 252 g/mol. The highest BCUT2D eigenvalue weighted by Crippen LogP contribution is 2.21. The number of halogens is 1. The van der Waals surface area contributed by atoms with Gasteiger partial charge in [-0.2, -0.15) is 0 Å². The van der Waals surface area contributed by atoms with Gasteiger partial charge in [0.1, 0.15) is 0 Å². The van der Waals surface area contributed by atoms with Crippen molar-refractivity contribution in [3.05, 3.63) is 21.7 Å². The summed E-state index contributed by atoms with van der Waals surface area (Å²) < 4.78 is 2.46. The van der Waals surface area contributed by atoms with Crippen LogP contribution in [0.15, 0.2) is 16.0 Å². The largest absolute Gasteiger partial charge is 0.381 e. The molecule has 0 amide bonds. The van der Waals surface area contributed by atoms with Crippen LogP contribution in [0.4, 0.5) is 5.82 Å². The Bertz CT molecular complexity index is 414. The van der Waals surface area contributed by atoms with Gasteiger partial charge in [0.05, 0.1) is 10.2 Å². The molecule has 2 N–H and O–H groups in total. The van der Waals surface area contributed by atoms with Crippen LogP contribution in [0.25, 0.3) is 5.13 Å². The van der Waals surface area contributed by atoms with E-state index in [9.17, 15) is 0 Å². The van der Waals surface area contributed by atoms with Crippen LogP contribution in [0.2, 0.25) is 0 Å². The van der Waals surface area contributed by atoms with E-state index >= 15 is 0 Å². The fraction of sp³-hybridized carbons (Fsp3) is 0.143. The topological polar surface area (TPSA) is 56.7 Å². The van der Waals surface area contributed by atoms with E-state index < -0.39 is 0 Å². The molecule has 0 aromatic carbocycles. The SMILES string of the molecule is Cc1csc(-n2cc(Br)c(N)n2)n1. The lowest BCUT2D eigenvalue weighted by molar-refractivity contribution is 0.870. The van der Waals surface area contributed by atoms with Gasteiger partial charge in [0.25, 0.3) is 0 Å². The maximum atomic E-state index is 5.58. The number of thiazole rings is 1. The highest BCUT2D eigenvalue weighted by molar-refractivity contribution is 9.10. The molecule has 0 aliphatic carbocycles. The number of hydrogen-bond acceptors (Lipinski definition) is 4. The van der Waals surface area contributed by atoms with Gasteiger partial charge in [0.15, 0.2) is 5.82 Å². The number of aryl methyl sites for hydroxylation is 1. The molecule has 0 spiro atoms. The first-order valence-electron chi connectivity index (χ1n) is 3.60. The summed E-state index contributed by atoms with van der Waals surface area (Å²) in [6, 6.07) is 0. The number of aromatic nitrogens is 3. The van der Waals surface area contributed by atoms with Crippen LogP contribution in [0.3, 0.4) is 0 Å². The molecule has 0 saturated carbocycles. The van der Waals surface area contributed by atoms with Crippen LogP contribution >= 0.6 is 27.3 Å². The number of hydrogen-bond donors (Lipinski definition) is 1. The van der Waals surface area contributed by atoms with E-state index in [0.717, 1.165) is 15.3 Å². The van der Waals surface area contributed by atoms with Crippen molar-refractivity contribution < 1.29 is 0 Å². The van der Waals surface area contributed by atoms with Crippen molar-refractivity contribution in [2.45, 2.75) is 6.92 Å². The molecule has 2 aromatic rings. The van der Waals surface area contributed by atoms with Crippen molar-refractivity contribution in [3.63, 3.8) is 0 Å². The summed E-state index contributed by atoms with van der Waals surface area (Å²) in [4.78, 5) is 4.28. The van der Waals surface area contributed by atoms with Crippen molar-refractivity contribution in [2.75, 3.05) is 5.73 Å². The molecule has 0 aliphatic rings. The molecule has 2 heterocycles. The van der Waals surface area contributed by atoms with Crippen LogP contribution in [-0.4, -0.2) is 14.8 Å². The fourth-order valence-electron chi connectivity index (χ4n) is 0.911. The predicted molar refractivity (Wildman–Crippen MR) is 56.1 cm³/mol. The first-order valence-corrected chi connectivity index (χ1v) is 5.27. The molecule has 0 atom stereocenters. The number of nitrogens with zero attached hydrogens (tertiary/aromatic N) is 3. The fourth-order valence-corrected chi connectivity index (χ4v) is 1.91. The predicted octanol–water partition coefficient (Wildman–Crippen LogP) is 1.98. The summed E-state index contributed by atoms with van der Waals surface area (Å²) in [5.74, 6) is 0.479. The monoisotopic (exact) mass is 258 g/mol. The second-order valence-corrected chi connectivity index (χ2v) is 4.27. The normalized spacial score (nSPS) is 10.6. The van der Waals surface area contributed by atoms with E-state index in [1.54, 1.807) is 10.9 Å². The van der Waals surface area contributed by atoms with E-state index in [2.05, 4.69) is 26.0 Å². The molecule has 0 unspecified atom stereocenters. The summed E-state index contributed by atoms with van der Waals surface area (Å²) in [6.07, 6.45) is 1.80. The third-order valence-electron chi connectivity index (χ3n) is 1.50. The van der Waals surface area contributed by atoms with E-state index in [1.165, 1.54) is 11.3 Å². The lowest BCUT2D eigenvalue weighted by Crippen LogP contribution is -1.95. The first-order chi connectivity index (χ1) is 6.16. The molecule has 4 nitrogen and oxygen atoms in total. The quantitative estimate of drug-likeness (QED) is 0.851.